The number of thiophene rings is 1. The van der Waals surface area contributed by atoms with Crippen molar-refractivity contribution in [2.24, 2.45) is 0 Å². The van der Waals surface area contributed by atoms with Crippen molar-refractivity contribution in [1.29, 1.82) is 0 Å². The lowest BCUT2D eigenvalue weighted by molar-refractivity contribution is 0.0487. The van der Waals surface area contributed by atoms with Crippen molar-refractivity contribution in [2.75, 3.05) is 37.8 Å². The topological polar surface area (TPSA) is 72.9 Å². The molecule has 1 aromatic heterocycles. The van der Waals surface area contributed by atoms with Gasteiger partial charge >= 0.3 is 5.97 Å². The molecule has 0 radical (unpaired) electrons. The minimum atomic E-state index is -3.66. The maximum Gasteiger partial charge on any atom is 0.349 e. The van der Waals surface area contributed by atoms with E-state index in [1.807, 2.05) is 30.3 Å². The van der Waals surface area contributed by atoms with Gasteiger partial charge in [-0.25, -0.2) is 13.2 Å². The Labute approximate surface area is 167 Å². The van der Waals surface area contributed by atoms with Crippen molar-refractivity contribution in [3.8, 4) is 5.75 Å². The first-order valence-electron chi connectivity index (χ1n) is 8.59. The fourth-order valence-corrected chi connectivity index (χ4v) is 6.43. The third-order valence-corrected chi connectivity index (χ3v) is 7.84. The highest BCUT2D eigenvalue weighted by atomic mass is 32.2. The summed E-state index contributed by atoms with van der Waals surface area (Å²) < 4.78 is 37.8. The average molecular weight is 428 g/mol. The second-order valence-corrected chi connectivity index (χ2v) is 9.83. The van der Waals surface area contributed by atoms with Crippen molar-refractivity contribution < 1.29 is 22.7 Å². The van der Waals surface area contributed by atoms with E-state index in [1.165, 1.54) is 10.4 Å². The van der Waals surface area contributed by atoms with Crippen LogP contribution in [-0.4, -0.2) is 56.5 Å². The Bertz CT molecular complexity index is 845. The predicted molar refractivity (Wildman–Crippen MR) is 107 cm³/mol. The highest BCUT2D eigenvalue weighted by molar-refractivity contribution is 7.99. The first-order valence-corrected chi connectivity index (χ1v) is 12.1. The van der Waals surface area contributed by atoms with E-state index in [0.29, 0.717) is 26.1 Å². The summed E-state index contributed by atoms with van der Waals surface area (Å²) >= 11 is 2.82. The van der Waals surface area contributed by atoms with Crippen molar-refractivity contribution in [2.45, 2.75) is 11.3 Å². The molecule has 1 aliphatic rings. The van der Waals surface area contributed by atoms with Gasteiger partial charge in [-0.05, 0) is 23.6 Å². The van der Waals surface area contributed by atoms with Crippen LogP contribution in [0.3, 0.4) is 0 Å². The van der Waals surface area contributed by atoms with Crippen LogP contribution >= 0.6 is 23.1 Å². The molecule has 0 unspecified atom stereocenters. The van der Waals surface area contributed by atoms with Crippen LogP contribution in [-0.2, 0) is 14.8 Å². The molecule has 0 amide bonds. The van der Waals surface area contributed by atoms with E-state index in [-0.39, 0.29) is 16.4 Å². The lowest BCUT2D eigenvalue weighted by atomic mass is 10.3. The molecule has 1 aromatic carbocycles. The van der Waals surface area contributed by atoms with Crippen LogP contribution in [0.5, 0.6) is 5.75 Å². The maximum absolute atomic E-state index is 12.8. The van der Waals surface area contributed by atoms with Gasteiger partial charge in [-0.3, -0.25) is 0 Å². The van der Waals surface area contributed by atoms with E-state index in [0.717, 1.165) is 28.6 Å². The van der Waals surface area contributed by atoms with Crippen LogP contribution in [0.4, 0.5) is 0 Å². The zero-order valence-corrected chi connectivity index (χ0v) is 17.2. The summed E-state index contributed by atoms with van der Waals surface area (Å²) in [7, 11) is -3.66. The summed E-state index contributed by atoms with van der Waals surface area (Å²) in [6, 6.07) is 10.9. The molecule has 0 N–H and O–H groups in total. The first-order chi connectivity index (χ1) is 13.1. The molecule has 6 nitrogen and oxygen atoms in total. The summed E-state index contributed by atoms with van der Waals surface area (Å²) in [5, 5.41) is 1.61. The first kappa shape index (κ1) is 20.2. The standard InChI is InChI=1S/C18H21NO5S3/c20-18(24-11-4-10-23-15-5-2-1-3-6-15)17-16(7-12-26-17)27(21,22)19-8-13-25-14-9-19/h1-3,5-7,12H,4,8-11,13-14H2. The molecule has 27 heavy (non-hydrogen) atoms. The summed E-state index contributed by atoms with van der Waals surface area (Å²) in [6.45, 7) is 1.52. The van der Waals surface area contributed by atoms with E-state index in [2.05, 4.69) is 0 Å². The maximum atomic E-state index is 12.8. The molecule has 1 saturated heterocycles. The minimum Gasteiger partial charge on any atom is -0.493 e. The minimum absolute atomic E-state index is 0.0462. The number of carbonyl (C=O) groups is 1. The number of ether oxygens (including phenoxy) is 2. The molecular weight excluding hydrogens is 406 g/mol. The van der Waals surface area contributed by atoms with Gasteiger partial charge in [0.05, 0.1) is 13.2 Å². The molecule has 1 aliphatic heterocycles. The van der Waals surface area contributed by atoms with Gasteiger partial charge in [0, 0.05) is 31.0 Å². The number of para-hydroxylation sites is 1. The van der Waals surface area contributed by atoms with Gasteiger partial charge in [0.25, 0.3) is 0 Å². The number of hydrogen-bond donors (Lipinski definition) is 0. The summed E-state index contributed by atoms with van der Waals surface area (Å²) in [6.07, 6.45) is 0.525. The number of nitrogens with zero attached hydrogens (tertiary/aromatic N) is 1. The fourth-order valence-electron chi connectivity index (χ4n) is 2.57. The largest absolute Gasteiger partial charge is 0.493 e. The predicted octanol–water partition coefficient (Wildman–Crippen LogP) is 3.11. The van der Waals surface area contributed by atoms with Crippen LogP contribution < -0.4 is 4.74 Å². The number of esters is 1. The van der Waals surface area contributed by atoms with Gasteiger partial charge < -0.3 is 9.47 Å². The number of thioether (sulfide) groups is 1. The normalized spacial score (nSPS) is 15.4. The number of benzene rings is 1. The van der Waals surface area contributed by atoms with Crippen LogP contribution in [0.15, 0.2) is 46.7 Å². The van der Waals surface area contributed by atoms with Gasteiger partial charge in [0.2, 0.25) is 10.0 Å². The van der Waals surface area contributed by atoms with Crippen LogP contribution in [0.25, 0.3) is 0 Å². The molecule has 0 spiro atoms. The van der Waals surface area contributed by atoms with Gasteiger partial charge in [0.1, 0.15) is 15.5 Å². The summed E-state index contributed by atoms with van der Waals surface area (Å²) in [5.41, 5.74) is 0. The number of sulfonamides is 1. The van der Waals surface area contributed by atoms with Crippen molar-refractivity contribution in [3.05, 3.63) is 46.7 Å². The third-order valence-electron chi connectivity index (χ3n) is 3.94. The number of hydrogen-bond acceptors (Lipinski definition) is 7. The average Bonchev–Trinajstić information content (AvgIpc) is 3.20. The van der Waals surface area contributed by atoms with Gasteiger partial charge in [-0.15, -0.1) is 11.3 Å². The molecular formula is C18H21NO5S3. The second kappa shape index (κ2) is 9.59. The molecule has 0 aliphatic carbocycles. The summed E-state index contributed by atoms with van der Waals surface area (Å²) in [4.78, 5) is 12.5. The van der Waals surface area contributed by atoms with Crippen molar-refractivity contribution >= 4 is 39.1 Å². The third kappa shape index (κ3) is 5.25. The Hall–Kier alpha value is -1.55. The molecule has 0 bridgehead atoms. The highest BCUT2D eigenvalue weighted by Gasteiger charge is 2.31. The van der Waals surface area contributed by atoms with Crippen LogP contribution in [0, 0.1) is 0 Å². The molecule has 9 heteroatoms. The van der Waals surface area contributed by atoms with Crippen LogP contribution in [0.1, 0.15) is 16.1 Å². The fraction of sp³-hybridized carbons (Fsp3) is 0.389. The monoisotopic (exact) mass is 427 g/mol. The molecule has 2 heterocycles. The van der Waals surface area contributed by atoms with Gasteiger partial charge in [-0.2, -0.15) is 16.1 Å². The Balaban J connectivity index is 1.53. The van der Waals surface area contributed by atoms with E-state index in [1.54, 1.807) is 17.1 Å². The Morgan fingerprint density at radius 3 is 2.56 bits per heavy atom. The van der Waals surface area contributed by atoms with Crippen molar-refractivity contribution in [3.63, 3.8) is 0 Å². The lowest BCUT2D eigenvalue weighted by Crippen LogP contribution is -2.38. The summed E-state index contributed by atoms with van der Waals surface area (Å²) in [5.74, 6) is 1.69. The zero-order valence-electron chi connectivity index (χ0n) is 14.7. The SMILES string of the molecule is O=C(OCCCOc1ccccc1)c1sccc1S(=O)(=O)N1CCSCC1. The van der Waals surface area contributed by atoms with E-state index in [4.69, 9.17) is 9.47 Å². The molecule has 3 rings (SSSR count). The Kier molecular flexibility index (Phi) is 7.17. The Morgan fingerprint density at radius 2 is 1.81 bits per heavy atom. The lowest BCUT2D eigenvalue weighted by Gasteiger charge is -2.25. The smallest absolute Gasteiger partial charge is 0.349 e. The van der Waals surface area contributed by atoms with E-state index in [9.17, 15) is 13.2 Å². The van der Waals surface area contributed by atoms with Gasteiger partial charge in [0.15, 0.2) is 0 Å². The highest BCUT2D eigenvalue weighted by Crippen LogP contribution is 2.27. The molecule has 0 atom stereocenters. The van der Waals surface area contributed by atoms with Crippen LogP contribution in [0.2, 0.25) is 0 Å². The molecule has 146 valence electrons. The molecule has 2 aromatic rings. The quantitative estimate of drug-likeness (QED) is 0.476. The number of rotatable bonds is 8. The van der Waals surface area contributed by atoms with Crippen molar-refractivity contribution in [1.82, 2.24) is 4.31 Å². The molecule has 0 saturated carbocycles. The zero-order chi connectivity index (χ0) is 19.1. The van der Waals surface area contributed by atoms with E-state index >= 15 is 0 Å². The second-order valence-electron chi connectivity index (χ2n) is 5.78. The number of carbonyl (C=O) groups excluding carboxylic acids is 1. The molecule has 1 fully saturated rings. The van der Waals surface area contributed by atoms with Gasteiger partial charge in [-0.1, -0.05) is 18.2 Å². The van der Waals surface area contributed by atoms with E-state index < -0.39 is 16.0 Å². The Morgan fingerprint density at radius 1 is 1.07 bits per heavy atom.